The number of ether oxygens (including phenoxy) is 1. The number of alkyl halides is 3. The fourth-order valence-electron chi connectivity index (χ4n) is 1.72. The second kappa shape index (κ2) is 5.67. The van der Waals surface area contributed by atoms with Gasteiger partial charge in [0.15, 0.2) is 34.8 Å². The number of halogens is 9. The van der Waals surface area contributed by atoms with Crippen LogP contribution < -0.4 is 4.74 Å². The van der Waals surface area contributed by atoms with Crippen LogP contribution in [0.5, 0.6) is 5.75 Å². The van der Waals surface area contributed by atoms with Crippen molar-refractivity contribution in [3.63, 3.8) is 0 Å². The van der Waals surface area contributed by atoms with Crippen molar-refractivity contribution in [1.82, 2.24) is 0 Å². The Kier molecular flexibility index (Phi) is 4.18. The van der Waals surface area contributed by atoms with Gasteiger partial charge in [-0.25, -0.2) is 26.3 Å². The minimum absolute atomic E-state index is 0.152. The zero-order chi connectivity index (χ0) is 17.5. The van der Waals surface area contributed by atoms with Crippen molar-refractivity contribution >= 4 is 0 Å². The van der Waals surface area contributed by atoms with E-state index in [0.29, 0.717) is 12.1 Å². The van der Waals surface area contributed by atoms with Crippen LogP contribution in [0, 0.1) is 34.9 Å². The molecule has 0 aliphatic rings. The van der Waals surface area contributed by atoms with Gasteiger partial charge in [-0.3, -0.25) is 0 Å². The molecule has 0 N–H and O–H groups in total. The highest BCUT2D eigenvalue weighted by Gasteiger charge is 2.33. The minimum Gasteiger partial charge on any atom is -0.403 e. The van der Waals surface area contributed by atoms with Gasteiger partial charge >= 0.3 is 6.36 Å². The van der Waals surface area contributed by atoms with E-state index in [2.05, 4.69) is 4.74 Å². The first kappa shape index (κ1) is 17.0. The van der Waals surface area contributed by atoms with Crippen molar-refractivity contribution < 1.29 is 44.3 Å². The van der Waals surface area contributed by atoms with Crippen LogP contribution in [-0.2, 0) is 0 Å². The zero-order valence-corrected chi connectivity index (χ0v) is 10.5. The summed E-state index contributed by atoms with van der Waals surface area (Å²) in [5.41, 5.74) is -2.33. The van der Waals surface area contributed by atoms with Crippen molar-refractivity contribution in [2.45, 2.75) is 6.36 Å². The molecule has 2 rings (SSSR count). The highest BCUT2D eigenvalue weighted by Crippen LogP contribution is 2.34. The summed E-state index contributed by atoms with van der Waals surface area (Å²) >= 11 is 0. The normalized spacial score (nSPS) is 11.7. The zero-order valence-electron chi connectivity index (χ0n) is 10.5. The Morgan fingerprint density at radius 2 is 1.17 bits per heavy atom. The molecule has 0 atom stereocenters. The summed E-state index contributed by atoms with van der Waals surface area (Å²) in [5, 5.41) is 0. The second-order valence-corrected chi connectivity index (χ2v) is 4.14. The van der Waals surface area contributed by atoms with E-state index in [9.17, 15) is 39.5 Å². The molecule has 0 heterocycles. The van der Waals surface area contributed by atoms with Crippen molar-refractivity contribution in [1.29, 1.82) is 0 Å². The third-order valence-corrected chi connectivity index (χ3v) is 2.66. The van der Waals surface area contributed by atoms with Gasteiger partial charge in [0.1, 0.15) is 0 Å². The van der Waals surface area contributed by atoms with Crippen LogP contribution in [0.2, 0.25) is 0 Å². The number of rotatable bonds is 2. The lowest BCUT2D eigenvalue weighted by atomic mass is 10.0. The maximum atomic E-state index is 13.5. The largest absolute Gasteiger partial charge is 0.573 e. The Morgan fingerprint density at radius 3 is 1.61 bits per heavy atom. The van der Waals surface area contributed by atoms with Gasteiger partial charge in [0.2, 0.25) is 5.82 Å². The van der Waals surface area contributed by atoms with Crippen molar-refractivity contribution in [2.75, 3.05) is 0 Å². The molecule has 124 valence electrons. The van der Waals surface area contributed by atoms with Gasteiger partial charge in [0.25, 0.3) is 0 Å². The molecule has 0 unspecified atom stereocenters. The fraction of sp³-hybridized carbons (Fsp3) is 0.0769. The molecule has 0 saturated heterocycles. The molecule has 2 aromatic carbocycles. The summed E-state index contributed by atoms with van der Waals surface area (Å²) < 4.78 is 119. The van der Waals surface area contributed by atoms with Crippen LogP contribution in [-0.4, -0.2) is 6.36 Å². The van der Waals surface area contributed by atoms with Gasteiger partial charge in [0.05, 0.1) is 5.56 Å². The summed E-state index contributed by atoms with van der Waals surface area (Å²) in [5.74, 6) is -14.5. The molecule has 0 amide bonds. The first-order valence-electron chi connectivity index (χ1n) is 5.60. The van der Waals surface area contributed by atoms with Crippen molar-refractivity contribution in [2.24, 2.45) is 0 Å². The Hall–Kier alpha value is -2.39. The summed E-state index contributed by atoms with van der Waals surface area (Å²) in [4.78, 5) is 0. The summed E-state index contributed by atoms with van der Waals surface area (Å²) in [6.07, 6.45) is -5.23. The number of hydrogen-bond donors (Lipinski definition) is 0. The first-order valence-corrected chi connectivity index (χ1v) is 5.60. The average Bonchev–Trinajstić information content (AvgIpc) is 2.45. The molecule has 0 aliphatic carbocycles. The molecule has 1 nitrogen and oxygen atoms in total. The Morgan fingerprint density at radius 1 is 0.696 bits per heavy atom. The number of benzene rings is 2. The predicted octanol–water partition coefficient (Wildman–Crippen LogP) is 5.09. The lowest BCUT2D eigenvalue weighted by Crippen LogP contribution is -2.18. The van der Waals surface area contributed by atoms with E-state index in [1.54, 1.807) is 0 Å². The highest BCUT2D eigenvalue weighted by molar-refractivity contribution is 5.66. The van der Waals surface area contributed by atoms with Gasteiger partial charge in [-0.05, 0) is 17.7 Å². The van der Waals surface area contributed by atoms with E-state index in [1.807, 2.05) is 0 Å². The smallest absolute Gasteiger partial charge is 0.403 e. The Bertz CT molecular complexity index is 738. The lowest BCUT2D eigenvalue weighted by molar-refractivity contribution is -0.275. The Balaban J connectivity index is 2.59. The average molecular weight is 346 g/mol. The van der Waals surface area contributed by atoms with Gasteiger partial charge in [-0.15, -0.1) is 13.2 Å². The predicted molar refractivity (Wildman–Crippen MR) is 58.3 cm³/mol. The first-order chi connectivity index (χ1) is 10.5. The molecule has 0 aliphatic heterocycles. The maximum Gasteiger partial charge on any atom is 0.573 e. The van der Waals surface area contributed by atoms with Gasteiger partial charge in [-0.2, -0.15) is 0 Å². The number of hydrogen-bond acceptors (Lipinski definition) is 1. The lowest BCUT2D eigenvalue weighted by Gasteiger charge is -2.12. The summed E-state index contributed by atoms with van der Waals surface area (Å²) in [7, 11) is 0. The van der Waals surface area contributed by atoms with Gasteiger partial charge in [0, 0.05) is 0 Å². The molecule has 0 radical (unpaired) electrons. The topological polar surface area (TPSA) is 9.23 Å². The standard InChI is InChI=1S/C13H3F9O/c14-5-3-4(1-2-6(5)23-13(20,21)22)7-8(15)10(17)12(19)11(18)9(7)16/h1-3H. The van der Waals surface area contributed by atoms with E-state index in [4.69, 9.17) is 0 Å². The van der Waals surface area contributed by atoms with Gasteiger partial charge < -0.3 is 4.74 Å². The fourth-order valence-corrected chi connectivity index (χ4v) is 1.72. The molecule has 2 aromatic rings. The molecule has 0 spiro atoms. The summed E-state index contributed by atoms with van der Waals surface area (Å²) in [6.45, 7) is 0. The van der Waals surface area contributed by atoms with Crippen LogP contribution in [0.15, 0.2) is 18.2 Å². The molecule has 0 saturated carbocycles. The monoisotopic (exact) mass is 346 g/mol. The minimum atomic E-state index is -5.23. The van der Waals surface area contributed by atoms with Crippen molar-refractivity contribution in [3.8, 4) is 16.9 Å². The van der Waals surface area contributed by atoms with Crippen molar-refractivity contribution in [3.05, 3.63) is 53.1 Å². The van der Waals surface area contributed by atoms with Crippen LogP contribution in [0.4, 0.5) is 39.5 Å². The summed E-state index contributed by atoms with van der Waals surface area (Å²) in [6, 6.07) is 1.01. The molecular weight excluding hydrogens is 343 g/mol. The van der Waals surface area contributed by atoms with E-state index in [1.165, 1.54) is 0 Å². The second-order valence-electron chi connectivity index (χ2n) is 4.14. The third kappa shape index (κ3) is 3.20. The maximum absolute atomic E-state index is 13.5. The molecular formula is C13H3F9O. The molecule has 0 fully saturated rings. The molecule has 0 aromatic heterocycles. The molecule has 10 heteroatoms. The SMILES string of the molecule is Fc1cc(-c2c(F)c(F)c(F)c(F)c2F)ccc1OC(F)(F)F. The van der Waals surface area contributed by atoms with Crippen LogP contribution >= 0.6 is 0 Å². The van der Waals surface area contributed by atoms with E-state index < -0.39 is 58.1 Å². The third-order valence-electron chi connectivity index (χ3n) is 2.66. The van der Waals surface area contributed by atoms with Crippen LogP contribution in [0.25, 0.3) is 11.1 Å². The van der Waals surface area contributed by atoms with Crippen LogP contribution in [0.3, 0.4) is 0 Å². The van der Waals surface area contributed by atoms with E-state index >= 15 is 0 Å². The highest BCUT2D eigenvalue weighted by atomic mass is 19.4. The quantitative estimate of drug-likeness (QED) is 0.418. The van der Waals surface area contributed by atoms with Gasteiger partial charge in [-0.1, -0.05) is 6.07 Å². The Labute approximate surface area is 121 Å². The van der Waals surface area contributed by atoms with E-state index in [0.717, 1.165) is 0 Å². The van der Waals surface area contributed by atoms with Crippen LogP contribution in [0.1, 0.15) is 0 Å². The molecule has 0 bridgehead atoms. The molecule has 23 heavy (non-hydrogen) atoms. The van der Waals surface area contributed by atoms with E-state index in [-0.39, 0.29) is 6.07 Å².